The fourth-order valence-electron chi connectivity index (χ4n) is 0.756. The molecule has 1 heterocycles. The number of nitrogens with zero attached hydrogens (tertiary/aromatic N) is 2. The molecular formula is C7H12N2S. The zero-order valence-corrected chi connectivity index (χ0v) is 7.40. The summed E-state index contributed by atoms with van der Waals surface area (Å²) >= 11 is 1.74. The highest BCUT2D eigenvalue weighted by atomic mass is 32.2. The van der Waals surface area contributed by atoms with E-state index in [-0.39, 0.29) is 5.54 Å². The van der Waals surface area contributed by atoms with E-state index in [9.17, 15) is 0 Å². The maximum absolute atomic E-state index is 4.08. The van der Waals surface area contributed by atoms with Crippen molar-refractivity contribution < 1.29 is 0 Å². The molecule has 3 heteroatoms. The monoisotopic (exact) mass is 156 g/mol. The zero-order valence-electron chi connectivity index (χ0n) is 6.59. The van der Waals surface area contributed by atoms with Crippen molar-refractivity contribution in [2.24, 2.45) is 10.2 Å². The van der Waals surface area contributed by atoms with Gasteiger partial charge in [0.25, 0.3) is 0 Å². The molecule has 1 rings (SSSR count). The number of hydrogen-bond donors (Lipinski definition) is 0. The van der Waals surface area contributed by atoms with Gasteiger partial charge in [0, 0.05) is 0 Å². The summed E-state index contributed by atoms with van der Waals surface area (Å²) in [5.41, 5.74) is -0.0580. The molecule has 0 N–H and O–H groups in total. The first kappa shape index (κ1) is 7.79. The van der Waals surface area contributed by atoms with Crippen LogP contribution in [0.25, 0.3) is 0 Å². The van der Waals surface area contributed by atoms with E-state index in [2.05, 4.69) is 37.1 Å². The Morgan fingerprint density at radius 2 is 2.30 bits per heavy atom. The molecule has 0 spiro atoms. The molecule has 56 valence electrons. The minimum absolute atomic E-state index is 0.0580. The second-order valence-corrected chi connectivity index (χ2v) is 4.05. The van der Waals surface area contributed by atoms with Gasteiger partial charge in [-0.3, -0.25) is 0 Å². The smallest absolute Gasteiger partial charge is 0.117 e. The standard InChI is InChI=1S/C7H12N2S/c1-4-10-6-5-7(2,3)9-8-6/h5H,4H2,1-3H3. The lowest BCUT2D eigenvalue weighted by molar-refractivity contribution is 0.644. The van der Waals surface area contributed by atoms with Crippen LogP contribution in [0.15, 0.2) is 21.3 Å². The van der Waals surface area contributed by atoms with E-state index in [1.54, 1.807) is 11.8 Å². The van der Waals surface area contributed by atoms with Gasteiger partial charge in [-0.25, -0.2) is 0 Å². The van der Waals surface area contributed by atoms with Gasteiger partial charge >= 0.3 is 0 Å². The molecule has 0 fully saturated rings. The molecule has 0 aromatic heterocycles. The van der Waals surface area contributed by atoms with Crippen molar-refractivity contribution >= 4 is 11.8 Å². The average Bonchev–Trinajstić information content (AvgIpc) is 2.12. The second kappa shape index (κ2) is 2.74. The molecule has 0 aromatic carbocycles. The molecule has 1 aliphatic rings. The Hall–Kier alpha value is -0.310. The lowest BCUT2D eigenvalue weighted by atomic mass is 10.1. The molecule has 1 aliphatic heterocycles. The van der Waals surface area contributed by atoms with E-state index in [4.69, 9.17) is 0 Å². The third-order valence-corrected chi connectivity index (χ3v) is 1.96. The van der Waals surface area contributed by atoms with E-state index in [1.165, 1.54) is 0 Å². The Bertz CT molecular complexity index is 182. The summed E-state index contributed by atoms with van der Waals surface area (Å²) < 4.78 is 0. The van der Waals surface area contributed by atoms with Crippen LogP contribution in [0.2, 0.25) is 0 Å². The summed E-state index contributed by atoms with van der Waals surface area (Å²) in [6, 6.07) is 0. The summed E-state index contributed by atoms with van der Waals surface area (Å²) in [5, 5.41) is 9.17. The van der Waals surface area contributed by atoms with Crippen LogP contribution in [-0.2, 0) is 0 Å². The van der Waals surface area contributed by atoms with Crippen molar-refractivity contribution in [3.63, 3.8) is 0 Å². The minimum Gasteiger partial charge on any atom is -0.178 e. The summed E-state index contributed by atoms with van der Waals surface area (Å²) in [6.45, 7) is 6.23. The van der Waals surface area contributed by atoms with Gasteiger partial charge in [0.1, 0.15) is 5.03 Å². The van der Waals surface area contributed by atoms with Crippen molar-refractivity contribution in [2.75, 3.05) is 5.75 Å². The van der Waals surface area contributed by atoms with Gasteiger partial charge in [-0.2, -0.15) is 5.11 Å². The zero-order chi connectivity index (χ0) is 7.61. The fraction of sp³-hybridized carbons (Fsp3) is 0.714. The van der Waals surface area contributed by atoms with Crippen LogP contribution in [0.3, 0.4) is 0 Å². The largest absolute Gasteiger partial charge is 0.178 e. The van der Waals surface area contributed by atoms with Crippen LogP contribution in [0.5, 0.6) is 0 Å². The highest BCUT2D eigenvalue weighted by molar-refractivity contribution is 8.03. The van der Waals surface area contributed by atoms with Crippen LogP contribution >= 0.6 is 11.8 Å². The first-order valence-corrected chi connectivity index (χ1v) is 4.41. The van der Waals surface area contributed by atoms with E-state index in [0.717, 1.165) is 10.8 Å². The third-order valence-electron chi connectivity index (χ3n) is 1.18. The molecule has 0 amide bonds. The molecule has 0 saturated carbocycles. The van der Waals surface area contributed by atoms with Crippen LogP contribution in [-0.4, -0.2) is 11.3 Å². The second-order valence-electron chi connectivity index (χ2n) is 2.77. The molecule has 0 radical (unpaired) electrons. The Labute approximate surface area is 65.8 Å². The minimum atomic E-state index is -0.0580. The van der Waals surface area contributed by atoms with Crippen molar-refractivity contribution in [2.45, 2.75) is 26.3 Å². The van der Waals surface area contributed by atoms with E-state index in [0.29, 0.717) is 0 Å². The fourth-order valence-corrected chi connectivity index (χ4v) is 1.52. The molecule has 0 bridgehead atoms. The predicted octanol–water partition coefficient (Wildman–Crippen LogP) is 2.83. The van der Waals surface area contributed by atoms with E-state index in [1.807, 2.05) is 0 Å². The molecule has 0 atom stereocenters. The maximum atomic E-state index is 4.08. The van der Waals surface area contributed by atoms with Gasteiger partial charge in [-0.1, -0.05) is 6.92 Å². The van der Waals surface area contributed by atoms with Crippen molar-refractivity contribution in [1.29, 1.82) is 0 Å². The number of azo groups is 1. The van der Waals surface area contributed by atoms with Gasteiger partial charge in [0.2, 0.25) is 0 Å². The summed E-state index contributed by atoms with van der Waals surface area (Å²) in [7, 11) is 0. The van der Waals surface area contributed by atoms with Crippen molar-refractivity contribution in [3.8, 4) is 0 Å². The van der Waals surface area contributed by atoms with Gasteiger partial charge in [0.15, 0.2) is 0 Å². The molecule has 0 aliphatic carbocycles. The summed E-state index contributed by atoms with van der Waals surface area (Å²) in [5.74, 6) is 1.07. The molecular weight excluding hydrogens is 144 g/mol. The summed E-state index contributed by atoms with van der Waals surface area (Å²) in [6.07, 6.45) is 2.10. The van der Waals surface area contributed by atoms with Crippen molar-refractivity contribution in [3.05, 3.63) is 11.1 Å². The first-order chi connectivity index (χ1) is 4.64. The molecule has 0 saturated heterocycles. The van der Waals surface area contributed by atoms with Crippen LogP contribution in [0.1, 0.15) is 20.8 Å². The number of rotatable bonds is 2. The van der Waals surface area contributed by atoms with Crippen molar-refractivity contribution in [1.82, 2.24) is 0 Å². The highest BCUT2D eigenvalue weighted by Crippen LogP contribution is 2.29. The third kappa shape index (κ3) is 1.84. The van der Waals surface area contributed by atoms with Crippen LogP contribution < -0.4 is 0 Å². The SMILES string of the molecule is CCSC1=CC(C)(C)N=N1. The number of hydrogen-bond acceptors (Lipinski definition) is 3. The van der Waals surface area contributed by atoms with E-state index >= 15 is 0 Å². The molecule has 2 nitrogen and oxygen atoms in total. The topological polar surface area (TPSA) is 24.7 Å². The van der Waals surface area contributed by atoms with Gasteiger partial charge in [-0.05, 0) is 25.7 Å². The Kier molecular flexibility index (Phi) is 2.14. The summed E-state index contributed by atoms with van der Waals surface area (Å²) in [4.78, 5) is 0. The Morgan fingerprint density at radius 3 is 2.70 bits per heavy atom. The average molecular weight is 156 g/mol. The molecule has 10 heavy (non-hydrogen) atoms. The van der Waals surface area contributed by atoms with E-state index < -0.39 is 0 Å². The van der Waals surface area contributed by atoms with Gasteiger partial charge in [-0.15, -0.1) is 16.9 Å². The number of thioether (sulfide) groups is 1. The Balaban J connectivity index is 2.59. The highest BCUT2D eigenvalue weighted by Gasteiger charge is 2.19. The first-order valence-electron chi connectivity index (χ1n) is 3.42. The quantitative estimate of drug-likeness (QED) is 0.603. The van der Waals surface area contributed by atoms with Gasteiger partial charge < -0.3 is 0 Å². The Morgan fingerprint density at radius 1 is 1.60 bits per heavy atom. The maximum Gasteiger partial charge on any atom is 0.117 e. The molecule has 0 unspecified atom stereocenters. The van der Waals surface area contributed by atoms with Crippen LogP contribution in [0.4, 0.5) is 0 Å². The lowest BCUT2D eigenvalue weighted by Crippen LogP contribution is -2.07. The predicted molar refractivity (Wildman–Crippen MR) is 45.2 cm³/mol. The van der Waals surface area contributed by atoms with Crippen LogP contribution in [0, 0.1) is 0 Å². The lowest BCUT2D eigenvalue weighted by Gasteiger charge is -2.04. The van der Waals surface area contributed by atoms with Gasteiger partial charge in [0.05, 0.1) is 5.54 Å². The molecule has 0 aromatic rings. The normalized spacial score (nSPS) is 21.3.